The van der Waals surface area contributed by atoms with E-state index >= 15 is 0 Å². The van der Waals surface area contributed by atoms with Gasteiger partial charge in [-0.15, -0.1) is 24.8 Å². The molecule has 1 N–H and O–H groups in total. The monoisotopic (exact) mass is 367 g/mol. The molecule has 0 aliphatic carbocycles. The maximum atomic E-state index is 12.3. The van der Waals surface area contributed by atoms with Crippen LogP contribution in [0.2, 0.25) is 0 Å². The van der Waals surface area contributed by atoms with E-state index in [2.05, 4.69) is 15.1 Å². The highest BCUT2D eigenvalue weighted by Crippen LogP contribution is 2.21. The number of ether oxygens (including phenoxy) is 1. The zero-order valence-electron chi connectivity index (χ0n) is 13.9. The van der Waals surface area contributed by atoms with Gasteiger partial charge in [-0.1, -0.05) is 0 Å². The molecular weight excluding hydrogens is 337 g/mol. The molecule has 136 valence electrons. The summed E-state index contributed by atoms with van der Waals surface area (Å²) in [6.45, 7) is 9.15. The van der Waals surface area contributed by atoms with Gasteiger partial charge in [-0.05, 0) is 44.2 Å². The lowest BCUT2D eigenvalue weighted by Gasteiger charge is -2.36. The molecule has 0 spiro atoms. The number of rotatable bonds is 4. The second-order valence-electron chi connectivity index (χ2n) is 6.80. The van der Waals surface area contributed by atoms with Gasteiger partial charge in [-0.3, -0.25) is 9.69 Å². The average Bonchev–Trinajstić information content (AvgIpc) is 3.02. The molecule has 1 atom stereocenters. The van der Waals surface area contributed by atoms with Crippen LogP contribution in [0, 0.1) is 11.8 Å². The summed E-state index contributed by atoms with van der Waals surface area (Å²) in [6, 6.07) is 0. The van der Waals surface area contributed by atoms with Crippen LogP contribution in [-0.4, -0.2) is 74.7 Å². The molecule has 0 aromatic heterocycles. The molecule has 3 heterocycles. The van der Waals surface area contributed by atoms with Gasteiger partial charge in [0.05, 0.1) is 13.2 Å². The topological polar surface area (TPSA) is 44.8 Å². The first kappa shape index (κ1) is 21.0. The van der Waals surface area contributed by atoms with Gasteiger partial charge in [-0.25, -0.2) is 0 Å². The first-order valence-corrected chi connectivity index (χ1v) is 8.60. The van der Waals surface area contributed by atoms with Gasteiger partial charge in [-0.2, -0.15) is 0 Å². The third-order valence-electron chi connectivity index (χ3n) is 5.21. The number of piperidine rings is 1. The number of halogens is 2. The minimum atomic E-state index is 0. The van der Waals surface area contributed by atoms with Gasteiger partial charge in [0.15, 0.2) is 0 Å². The Hall–Kier alpha value is -0.0700. The van der Waals surface area contributed by atoms with E-state index in [0.29, 0.717) is 11.8 Å². The van der Waals surface area contributed by atoms with Crippen molar-refractivity contribution in [1.82, 2.24) is 15.1 Å². The molecule has 0 saturated carbocycles. The Balaban J connectivity index is 0.00000132. The van der Waals surface area contributed by atoms with E-state index in [1.165, 1.54) is 25.8 Å². The molecule has 0 aromatic rings. The van der Waals surface area contributed by atoms with Crippen molar-refractivity contribution in [3.8, 4) is 0 Å². The Morgan fingerprint density at radius 1 is 1.00 bits per heavy atom. The molecule has 3 aliphatic heterocycles. The lowest BCUT2D eigenvalue weighted by Crippen LogP contribution is -2.44. The van der Waals surface area contributed by atoms with E-state index in [1.54, 1.807) is 0 Å². The van der Waals surface area contributed by atoms with Crippen molar-refractivity contribution in [2.24, 2.45) is 11.8 Å². The van der Waals surface area contributed by atoms with Crippen LogP contribution in [0.1, 0.15) is 25.7 Å². The van der Waals surface area contributed by atoms with Crippen molar-refractivity contribution in [2.45, 2.75) is 25.7 Å². The molecule has 0 aromatic carbocycles. The third kappa shape index (κ3) is 6.39. The number of morpholine rings is 1. The van der Waals surface area contributed by atoms with Crippen molar-refractivity contribution in [1.29, 1.82) is 0 Å². The number of nitrogens with one attached hydrogen (secondary N) is 1. The van der Waals surface area contributed by atoms with Gasteiger partial charge >= 0.3 is 0 Å². The fourth-order valence-corrected chi connectivity index (χ4v) is 3.78. The Kier molecular flexibility index (Phi) is 9.78. The first-order valence-electron chi connectivity index (χ1n) is 8.60. The smallest absolute Gasteiger partial charge is 0.222 e. The highest BCUT2D eigenvalue weighted by atomic mass is 35.5. The average molecular weight is 368 g/mol. The van der Waals surface area contributed by atoms with Crippen LogP contribution in [0.3, 0.4) is 0 Å². The van der Waals surface area contributed by atoms with Crippen molar-refractivity contribution in [3.05, 3.63) is 0 Å². The summed E-state index contributed by atoms with van der Waals surface area (Å²) in [5, 5.41) is 3.35. The maximum Gasteiger partial charge on any atom is 0.222 e. The lowest BCUT2D eigenvalue weighted by atomic mass is 9.95. The molecule has 7 heteroatoms. The van der Waals surface area contributed by atoms with E-state index in [-0.39, 0.29) is 24.8 Å². The van der Waals surface area contributed by atoms with Crippen LogP contribution in [0.15, 0.2) is 0 Å². The standard InChI is InChI=1S/C16H29N3O2.2ClH/c20-16(11-15-1-4-17-12-15)19-5-2-14(3-6-19)13-18-7-9-21-10-8-18;;/h14-15,17H,1-13H2;2*1H. The number of nitrogens with zero attached hydrogens (tertiary/aromatic N) is 2. The largest absolute Gasteiger partial charge is 0.379 e. The summed E-state index contributed by atoms with van der Waals surface area (Å²) >= 11 is 0. The fraction of sp³-hybridized carbons (Fsp3) is 0.938. The minimum absolute atomic E-state index is 0. The Labute approximate surface area is 152 Å². The number of hydrogen-bond acceptors (Lipinski definition) is 4. The van der Waals surface area contributed by atoms with E-state index < -0.39 is 0 Å². The van der Waals surface area contributed by atoms with Crippen LogP contribution >= 0.6 is 24.8 Å². The highest BCUT2D eigenvalue weighted by molar-refractivity contribution is 5.85. The Morgan fingerprint density at radius 2 is 1.70 bits per heavy atom. The van der Waals surface area contributed by atoms with E-state index in [1.807, 2.05) is 0 Å². The van der Waals surface area contributed by atoms with E-state index in [9.17, 15) is 4.79 Å². The molecule has 23 heavy (non-hydrogen) atoms. The third-order valence-corrected chi connectivity index (χ3v) is 5.21. The van der Waals surface area contributed by atoms with Gasteiger partial charge in [0.2, 0.25) is 5.91 Å². The summed E-state index contributed by atoms with van der Waals surface area (Å²) in [6.07, 6.45) is 4.26. The predicted molar refractivity (Wildman–Crippen MR) is 96.7 cm³/mol. The Bertz CT molecular complexity index is 340. The van der Waals surface area contributed by atoms with Crippen molar-refractivity contribution >= 4 is 30.7 Å². The van der Waals surface area contributed by atoms with Gasteiger partial charge in [0.1, 0.15) is 0 Å². The maximum absolute atomic E-state index is 12.3. The SMILES string of the molecule is Cl.Cl.O=C(CC1CCNC1)N1CCC(CN2CCOCC2)CC1. The van der Waals surface area contributed by atoms with Crippen LogP contribution in [0.4, 0.5) is 0 Å². The summed E-state index contributed by atoms with van der Waals surface area (Å²) in [5.41, 5.74) is 0. The van der Waals surface area contributed by atoms with Crippen molar-refractivity contribution < 1.29 is 9.53 Å². The highest BCUT2D eigenvalue weighted by Gasteiger charge is 2.27. The molecule has 3 fully saturated rings. The van der Waals surface area contributed by atoms with Crippen molar-refractivity contribution in [3.63, 3.8) is 0 Å². The number of carbonyl (C=O) groups excluding carboxylic acids is 1. The molecule has 1 amide bonds. The summed E-state index contributed by atoms with van der Waals surface area (Å²) < 4.78 is 5.40. The number of hydrogen-bond donors (Lipinski definition) is 1. The van der Waals surface area contributed by atoms with Crippen molar-refractivity contribution in [2.75, 3.05) is 59.0 Å². The van der Waals surface area contributed by atoms with Gasteiger partial charge in [0, 0.05) is 39.1 Å². The van der Waals surface area contributed by atoms with E-state index in [0.717, 1.165) is 64.8 Å². The molecule has 1 unspecified atom stereocenters. The second-order valence-corrected chi connectivity index (χ2v) is 6.80. The summed E-state index contributed by atoms with van der Waals surface area (Å²) in [4.78, 5) is 17.0. The molecule has 3 aliphatic rings. The van der Waals surface area contributed by atoms with Crippen LogP contribution in [-0.2, 0) is 9.53 Å². The molecule has 5 nitrogen and oxygen atoms in total. The van der Waals surface area contributed by atoms with Crippen LogP contribution < -0.4 is 5.32 Å². The summed E-state index contributed by atoms with van der Waals surface area (Å²) in [7, 11) is 0. The molecular formula is C16H31Cl2N3O2. The second kappa shape index (κ2) is 10.7. The van der Waals surface area contributed by atoms with Crippen LogP contribution in [0.5, 0.6) is 0 Å². The molecule has 3 saturated heterocycles. The minimum Gasteiger partial charge on any atom is -0.379 e. The summed E-state index contributed by atoms with van der Waals surface area (Å²) in [5.74, 6) is 1.72. The first-order chi connectivity index (χ1) is 10.3. The molecule has 0 radical (unpaired) electrons. The molecule has 3 rings (SSSR count). The van der Waals surface area contributed by atoms with E-state index in [4.69, 9.17) is 4.74 Å². The predicted octanol–water partition coefficient (Wildman–Crippen LogP) is 1.40. The number of carbonyl (C=O) groups is 1. The molecule has 0 bridgehead atoms. The zero-order valence-corrected chi connectivity index (χ0v) is 15.5. The Morgan fingerprint density at radius 3 is 2.30 bits per heavy atom. The quantitative estimate of drug-likeness (QED) is 0.815. The van der Waals surface area contributed by atoms with Gasteiger partial charge < -0.3 is 15.0 Å². The zero-order chi connectivity index (χ0) is 14.5. The van der Waals surface area contributed by atoms with Gasteiger partial charge in [0.25, 0.3) is 0 Å². The normalized spacial score (nSPS) is 26.4. The van der Waals surface area contributed by atoms with Crippen LogP contribution in [0.25, 0.3) is 0 Å². The fourth-order valence-electron chi connectivity index (χ4n) is 3.78. The lowest BCUT2D eigenvalue weighted by molar-refractivity contribution is -0.133. The number of amides is 1. The number of likely N-dealkylation sites (tertiary alicyclic amines) is 1.